The third-order valence-corrected chi connectivity index (χ3v) is 6.23. The minimum Gasteiger partial charge on any atom is -0.308 e. The standard InChI is InChI=1S/C10H22NO3PSi/c1-6-13-15(12,14-7-2)10(8-11)9-16(3,4)5/h10H,6-7,9H2,1-5H3/t10-/m1/s1. The molecule has 0 aliphatic heterocycles. The summed E-state index contributed by atoms with van der Waals surface area (Å²) in [7, 11) is -4.72. The van der Waals surface area contributed by atoms with Crippen LogP contribution < -0.4 is 0 Å². The molecule has 0 saturated heterocycles. The second kappa shape index (κ2) is 6.56. The van der Waals surface area contributed by atoms with E-state index in [-0.39, 0.29) is 0 Å². The SMILES string of the molecule is CCOP(=O)(OCC)[C@H](C#N)C[Si](C)(C)C. The van der Waals surface area contributed by atoms with Crippen LogP contribution in [0.25, 0.3) is 0 Å². The minimum atomic E-state index is -3.25. The Balaban J connectivity index is 4.87. The summed E-state index contributed by atoms with van der Waals surface area (Å²) >= 11 is 0. The van der Waals surface area contributed by atoms with Gasteiger partial charge in [0.25, 0.3) is 0 Å². The van der Waals surface area contributed by atoms with E-state index in [9.17, 15) is 4.57 Å². The van der Waals surface area contributed by atoms with Gasteiger partial charge in [0.15, 0.2) is 0 Å². The van der Waals surface area contributed by atoms with Crippen LogP contribution in [0.3, 0.4) is 0 Å². The van der Waals surface area contributed by atoms with Gasteiger partial charge in [-0.1, -0.05) is 19.6 Å². The first-order valence-corrected chi connectivity index (χ1v) is 10.9. The third-order valence-electron chi connectivity index (χ3n) is 1.95. The van der Waals surface area contributed by atoms with Gasteiger partial charge in [-0.25, -0.2) is 0 Å². The first-order chi connectivity index (χ1) is 7.29. The molecule has 0 N–H and O–H groups in total. The lowest BCUT2D eigenvalue weighted by atomic mass is 10.5. The molecule has 0 aliphatic carbocycles. The Morgan fingerprint density at radius 2 is 1.69 bits per heavy atom. The molecule has 0 unspecified atom stereocenters. The van der Waals surface area contributed by atoms with E-state index < -0.39 is 21.3 Å². The second-order valence-corrected chi connectivity index (χ2v) is 12.5. The lowest BCUT2D eigenvalue weighted by Gasteiger charge is -2.25. The van der Waals surface area contributed by atoms with E-state index in [2.05, 4.69) is 25.7 Å². The van der Waals surface area contributed by atoms with Crippen molar-refractivity contribution >= 4 is 15.7 Å². The predicted molar refractivity (Wildman–Crippen MR) is 68.4 cm³/mol. The van der Waals surface area contributed by atoms with Crippen LogP contribution in [0.2, 0.25) is 25.7 Å². The molecule has 0 aromatic rings. The lowest BCUT2D eigenvalue weighted by Crippen LogP contribution is -2.27. The van der Waals surface area contributed by atoms with E-state index in [1.54, 1.807) is 13.8 Å². The van der Waals surface area contributed by atoms with E-state index in [1.807, 2.05) is 0 Å². The predicted octanol–water partition coefficient (Wildman–Crippen LogP) is 3.48. The monoisotopic (exact) mass is 263 g/mol. The first kappa shape index (κ1) is 15.9. The number of nitriles is 1. The molecule has 0 radical (unpaired) electrons. The summed E-state index contributed by atoms with van der Waals surface area (Å²) in [6, 6.07) is 2.73. The van der Waals surface area contributed by atoms with Crippen LogP contribution >= 0.6 is 7.60 Å². The van der Waals surface area contributed by atoms with E-state index in [0.29, 0.717) is 19.3 Å². The first-order valence-electron chi connectivity index (χ1n) is 5.57. The van der Waals surface area contributed by atoms with Gasteiger partial charge in [0, 0.05) is 8.07 Å². The van der Waals surface area contributed by atoms with Crippen molar-refractivity contribution in [3.05, 3.63) is 0 Å². The van der Waals surface area contributed by atoms with Gasteiger partial charge in [-0.05, 0) is 19.9 Å². The highest BCUT2D eigenvalue weighted by molar-refractivity contribution is 7.55. The van der Waals surface area contributed by atoms with Crippen molar-refractivity contribution in [2.45, 2.75) is 45.2 Å². The lowest BCUT2D eigenvalue weighted by molar-refractivity contribution is 0.217. The molecule has 0 amide bonds. The number of nitrogens with zero attached hydrogens (tertiary/aromatic N) is 1. The zero-order valence-electron chi connectivity index (χ0n) is 10.8. The third kappa shape index (κ3) is 5.27. The van der Waals surface area contributed by atoms with Crippen LogP contribution in [0, 0.1) is 11.3 Å². The zero-order chi connectivity index (χ0) is 12.8. The summed E-state index contributed by atoms with van der Waals surface area (Å²) in [5, 5.41) is 9.12. The van der Waals surface area contributed by atoms with Crippen molar-refractivity contribution in [2.75, 3.05) is 13.2 Å². The molecule has 0 bridgehead atoms. The fourth-order valence-electron chi connectivity index (χ4n) is 1.39. The summed E-state index contributed by atoms with van der Waals surface area (Å²) in [6.07, 6.45) is 0. The average molecular weight is 263 g/mol. The summed E-state index contributed by atoms with van der Waals surface area (Å²) in [6.45, 7) is 10.5. The second-order valence-electron chi connectivity index (χ2n) is 4.79. The van der Waals surface area contributed by atoms with Crippen molar-refractivity contribution in [3.8, 4) is 6.07 Å². The highest BCUT2D eigenvalue weighted by Crippen LogP contribution is 2.55. The van der Waals surface area contributed by atoms with Crippen molar-refractivity contribution in [3.63, 3.8) is 0 Å². The number of rotatable bonds is 7. The highest BCUT2D eigenvalue weighted by atomic mass is 31.2. The van der Waals surface area contributed by atoms with Crippen molar-refractivity contribution in [2.24, 2.45) is 0 Å². The fraction of sp³-hybridized carbons (Fsp3) is 0.900. The van der Waals surface area contributed by atoms with E-state index in [0.717, 1.165) is 0 Å². The normalized spacial score (nSPS) is 14.5. The average Bonchev–Trinajstić information content (AvgIpc) is 2.13. The summed E-state index contributed by atoms with van der Waals surface area (Å²) < 4.78 is 22.8. The Morgan fingerprint density at radius 1 is 1.25 bits per heavy atom. The summed E-state index contributed by atoms with van der Waals surface area (Å²) in [5.74, 6) is 0. The Kier molecular flexibility index (Phi) is 6.50. The van der Waals surface area contributed by atoms with Crippen molar-refractivity contribution < 1.29 is 13.6 Å². The van der Waals surface area contributed by atoms with Crippen LogP contribution in [-0.4, -0.2) is 26.9 Å². The molecule has 0 aromatic heterocycles. The van der Waals surface area contributed by atoms with Crippen LogP contribution in [-0.2, 0) is 13.6 Å². The molecular weight excluding hydrogens is 241 g/mol. The zero-order valence-corrected chi connectivity index (χ0v) is 12.7. The van der Waals surface area contributed by atoms with E-state index >= 15 is 0 Å². The van der Waals surface area contributed by atoms with Crippen LogP contribution in [0.1, 0.15) is 13.8 Å². The smallest absolute Gasteiger partial charge is 0.308 e. The van der Waals surface area contributed by atoms with Crippen molar-refractivity contribution in [1.29, 1.82) is 5.26 Å². The fourth-order valence-corrected chi connectivity index (χ4v) is 6.47. The number of hydrogen-bond acceptors (Lipinski definition) is 4. The molecule has 0 saturated carbocycles. The van der Waals surface area contributed by atoms with Gasteiger partial charge in [-0.2, -0.15) is 5.26 Å². The molecule has 0 aliphatic rings. The maximum Gasteiger partial charge on any atom is 0.347 e. The van der Waals surface area contributed by atoms with E-state index in [4.69, 9.17) is 14.3 Å². The Hall–Kier alpha value is -0.143. The topological polar surface area (TPSA) is 59.3 Å². The van der Waals surface area contributed by atoms with Crippen LogP contribution in [0.4, 0.5) is 0 Å². The molecule has 94 valence electrons. The Labute approximate surface area is 99.5 Å². The molecule has 0 heterocycles. The molecule has 0 aromatic carbocycles. The minimum absolute atomic E-state index is 0.307. The van der Waals surface area contributed by atoms with Gasteiger partial charge in [0.1, 0.15) is 5.66 Å². The highest BCUT2D eigenvalue weighted by Gasteiger charge is 2.38. The van der Waals surface area contributed by atoms with Gasteiger partial charge in [-0.3, -0.25) is 4.57 Å². The molecule has 0 rings (SSSR count). The Bertz CT molecular complexity index is 285. The molecular formula is C10H22NO3PSi. The van der Waals surface area contributed by atoms with Crippen LogP contribution in [0.5, 0.6) is 0 Å². The van der Waals surface area contributed by atoms with Gasteiger partial charge in [-0.15, -0.1) is 0 Å². The maximum atomic E-state index is 12.4. The largest absolute Gasteiger partial charge is 0.347 e. The quantitative estimate of drug-likeness (QED) is 0.521. The molecule has 1 atom stereocenters. The Morgan fingerprint density at radius 3 is 1.94 bits per heavy atom. The molecule has 4 nitrogen and oxygen atoms in total. The number of hydrogen-bond donors (Lipinski definition) is 0. The molecule has 0 spiro atoms. The summed E-state index contributed by atoms with van der Waals surface area (Å²) in [4.78, 5) is 0. The van der Waals surface area contributed by atoms with E-state index in [1.165, 1.54) is 0 Å². The molecule has 0 fully saturated rings. The van der Waals surface area contributed by atoms with Gasteiger partial charge in [0.2, 0.25) is 0 Å². The molecule has 16 heavy (non-hydrogen) atoms. The maximum absolute atomic E-state index is 12.4. The summed E-state index contributed by atoms with van der Waals surface area (Å²) in [5.41, 5.74) is -0.626. The van der Waals surface area contributed by atoms with Crippen LogP contribution in [0.15, 0.2) is 0 Å². The van der Waals surface area contributed by atoms with Gasteiger partial charge >= 0.3 is 7.60 Å². The molecule has 6 heteroatoms. The van der Waals surface area contributed by atoms with Gasteiger partial charge in [0.05, 0.1) is 19.3 Å². The van der Waals surface area contributed by atoms with Crippen molar-refractivity contribution in [1.82, 2.24) is 0 Å². The van der Waals surface area contributed by atoms with Gasteiger partial charge < -0.3 is 9.05 Å².